The Bertz CT molecular complexity index is 1580. The van der Waals surface area contributed by atoms with Gasteiger partial charge in [0.1, 0.15) is 5.82 Å². The largest absolute Gasteiger partial charge is 0.354 e. The van der Waals surface area contributed by atoms with Gasteiger partial charge in [-0.2, -0.15) is 15.0 Å². The van der Waals surface area contributed by atoms with E-state index in [2.05, 4.69) is 47.1 Å². The Hall–Kier alpha value is -5.26. The standard InChI is InChI=1S/C33H38FN9O2/c1-22-7-5-6-10-28(22)38-33(45)43-42-29(44)19-23-13-17-27(18-14-23)37-32-40-30(35-20-24-8-3-2-4-9-24)39-31(41-32)36-21-25-11-15-26(34)16-12-25/h5-7,10-18,24H,2-4,8-9,19-21H2,1H3,(H,42,44)(H2,38,43,45)(H3,35,36,37,39,40,41). The SMILES string of the molecule is Cc1ccccc1NC(=O)NNC(=O)Cc1ccc(Nc2nc(NCc3ccc(F)cc3)nc(NCC3CCCCC3)n2)cc1. The molecule has 0 atom stereocenters. The third kappa shape index (κ3) is 9.88. The molecule has 45 heavy (non-hydrogen) atoms. The number of para-hydroxylation sites is 1. The second kappa shape index (κ2) is 15.5. The van der Waals surface area contributed by atoms with Crippen molar-refractivity contribution in [2.75, 3.05) is 27.8 Å². The van der Waals surface area contributed by atoms with Crippen LogP contribution in [-0.2, 0) is 17.8 Å². The predicted molar refractivity (Wildman–Crippen MR) is 174 cm³/mol. The zero-order valence-corrected chi connectivity index (χ0v) is 25.2. The highest BCUT2D eigenvalue weighted by atomic mass is 19.1. The quantitative estimate of drug-likeness (QED) is 0.112. The van der Waals surface area contributed by atoms with Gasteiger partial charge in [0, 0.05) is 24.5 Å². The summed E-state index contributed by atoms with van der Waals surface area (Å²) in [5, 5.41) is 12.5. The number of halogens is 1. The van der Waals surface area contributed by atoms with Gasteiger partial charge in [-0.3, -0.25) is 10.2 Å². The lowest BCUT2D eigenvalue weighted by molar-refractivity contribution is -0.121. The first-order chi connectivity index (χ1) is 21.9. The summed E-state index contributed by atoms with van der Waals surface area (Å²) >= 11 is 0. The number of nitrogens with zero attached hydrogens (tertiary/aromatic N) is 3. The van der Waals surface area contributed by atoms with Crippen LogP contribution in [0.15, 0.2) is 72.8 Å². The fraction of sp³-hybridized carbons (Fsp3) is 0.303. The van der Waals surface area contributed by atoms with Crippen LogP contribution >= 0.6 is 0 Å². The molecular formula is C33H38FN9O2. The van der Waals surface area contributed by atoms with Crippen LogP contribution in [0.4, 0.5) is 38.4 Å². The topological polar surface area (TPSA) is 145 Å². The number of nitrogens with one attached hydrogen (secondary N) is 6. The summed E-state index contributed by atoms with van der Waals surface area (Å²) in [6.07, 6.45) is 6.25. The van der Waals surface area contributed by atoms with E-state index in [0.717, 1.165) is 28.9 Å². The zero-order chi connectivity index (χ0) is 31.4. The number of anilines is 5. The minimum absolute atomic E-state index is 0.0728. The molecule has 234 valence electrons. The monoisotopic (exact) mass is 611 g/mol. The van der Waals surface area contributed by atoms with Crippen LogP contribution in [-0.4, -0.2) is 33.4 Å². The van der Waals surface area contributed by atoms with Crippen LogP contribution in [0.2, 0.25) is 0 Å². The second-order valence-electron chi connectivity index (χ2n) is 11.1. The van der Waals surface area contributed by atoms with Gasteiger partial charge in [0.05, 0.1) is 6.42 Å². The molecule has 6 N–H and O–H groups in total. The molecule has 3 amide bonds. The van der Waals surface area contributed by atoms with E-state index in [-0.39, 0.29) is 18.1 Å². The highest BCUT2D eigenvalue weighted by molar-refractivity contribution is 5.91. The molecule has 0 radical (unpaired) electrons. The van der Waals surface area contributed by atoms with Gasteiger partial charge >= 0.3 is 6.03 Å². The number of aryl methyl sites for hydroxylation is 1. The molecule has 1 saturated carbocycles. The van der Waals surface area contributed by atoms with E-state index in [1.54, 1.807) is 18.2 Å². The summed E-state index contributed by atoms with van der Waals surface area (Å²) in [4.78, 5) is 38.2. The lowest BCUT2D eigenvalue weighted by Crippen LogP contribution is -2.44. The fourth-order valence-electron chi connectivity index (χ4n) is 5.06. The third-order valence-corrected chi connectivity index (χ3v) is 7.56. The molecule has 0 spiro atoms. The molecule has 0 aliphatic heterocycles. The normalized spacial score (nSPS) is 13.0. The molecule has 4 aromatic rings. The molecule has 3 aromatic carbocycles. The van der Waals surface area contributed by atoms with Crippen molar-refractivity contribution in [1.29, 1.82) is 0 Å². The molecule has 0 bridgehead atoms. The number of hydrogen-bond acceptors (Lipinski definition) is 8. The van der Waals surface area contributed by atoms with Crippen molar-refractivity contribution in [1.82, 2.24) is 25.8 Å². The highest BCUT2D eigenvalue weighted by Gasteiger charge is 2.15. The van der Waals surface area contributed by atoms with Crippen LogP contribution in [0.3, 0.4) is 0 Å². The number of carbonyl (C=O) groups is 2. The first kappa shape index (κ1) is 31.2. The summed E-state index contributed by atoms with van der Waals surface area (Å²) in [5.74, 6) is 1.14. The third-order valence-electron chi connectivity index (χ3n) is 7.56. The number of benzene rings is 3. The minimum Gasteiger partial charge on any atom is -0.354 e. The van der Waals surface area contributed by atoms with Crippen molar-refractivity contribution in [3.8, 4) is 0 Å². The average molecular weight is 612 g/mol. The molecule has 0 saturated heterocycles. The Balaban J connectivity index is 1.17. The van der Waals surface area contributed by atoms with Crippen molar-refractivity contribution >= 4 is 41.2 Å². The van der Waals surface area contributed by atoms with Crippen LogP contribution < -0.4 is 32.1 Å². The van der Waals surface area contributed by atoms with Crippen molar-refractivity contribution in [3.05, 3.63) is 95.3 Å². The first-order valence-electron chi connectivity index (χ1n) is 15.2. The Morgan fingerprint density at radius 3 is 2.18 bits per heavy atom. The summed E-state index contributed by atoms with van der Waals surface area (Å²) < 4.78 is 13.3. The molecule has 11 nitrogen and oxygen atoms in total. The maximum atomic E-state index is 13.3. The Labute approximate surface area is 261 Å². The predicted octanol–water partition coefficient (Wildman–Crippen LogP) is 6.06. The number of carbonyl (C=O) groups excluding carboxylic acids is 2. The van der Waals surface area contributed by atoms with Gasteiger partial charge in [-0.15, -0.1) is 0 Å². The number of urea groups is 1. The van der Waals surface area contributed by atoms with Crippen molar-refractivity contribution in [2.45, 2.75) is 52.0 Å². The van der Waals surface area contributed by atoms with Crippen LogP contribution in [0.25, 0.3) is 0 Å². The van der Waals surface area contributed by atoms with E-state index in [4.69, 9.17) is 0 Å². The van der Waals surface area contributed by atoms with Gasteiger partial charge in [-0.25, -0.2) is 14.6 Å². The minimum atomic E-state index is -0.534. The van der Waals surface area contributed by atoms with E-state index in [0.29, 0.717) is 36.0 Å². The smallest absolute Gasteiger partial charge is 0.337 e. The average Bonchev–Trinajstić information content (AvgIpc) is 3.05. The molecule has 5 rings (SSSR count). The second-order valence-corrected chi connectivity index (χ2v) is 11.1. The maximum absolute atomic E-state index is 13.3. The van der Waals surface area contributed by atoms with Gasteiger partial charge < -0.3 is 21.3 Å². The number of hydrogen-bond donors (Lipinski definition) is 6. The van der Waals surface area contributed by atoms with E-state index >= 15 is 0 Å². The first-order valence-corrected chi connectivity index (χ1v) is 15.2. The molecule has 1 heterocycles. The molecular weight excluding hydrogens is 573 g/mol. The fourth-order valence-corrected chi connectivity index (χ4v) is 5.06. The van der Waals surface area contributed by atoms with E-state index < -0.39 is 6.03 Å². The summed E-state index contributed by atoms with van der Waals surface area (Å²) in [5.41, 5.74) is 8.74. The van der Waals surface area contributed by atoms with Crippen LogP contribution in [0.1, 0.15) is 48.8 Å². The van der Waals surface area contributed by atoms with E-state index in [9.17, 15) is 14.0 Å². The number of hydrazine groups is 1. The number of amides is 3. The maximum Gasteiger partial charge on any atom is 0.337 e. The van der Waals surface area contributed by atoms with Gasteiger partial charge in [-0.05, 0) is 72.7 Å². The van der Waals surface area contributed by atoms with E-state index in [1.807, 2.05) is 49.4 Å². The summed E-state index contributed by atoms with van der Waals surface area (Å²) in [6, 6.07) is 20.4. The van der Waals surface area contributed by atoms with Gasteiger partial charge in [0.2, 0.25) is 23.8 Å². The lowest BCUT2D eigenvalue weighted by Gasteiger charge is -2.21. The van der Waals surface area contributed by atoms with Crippen molar-refractivity contribution < 1.29 is 14.0 Å². The molecule has 12 heteroatoms. The molecule has 1 aliphatic rings. The molecule has 0 unspecified atom stereocenters. The number of aromatic nitrogens is 3. The lowest BCUT2D eigenvalue weighted by atomic mass is 9.89. The van der Waals surface area contributed by atoms with Gasteiger partial charge in [0.25, 0.3) is 0 Å². The Morgan fingerprint density at radius 2 is 1.44 bits per heavy atom. The van der Waals surface area contributed by atoms with Crippen LogP contribution in [0, 0.1) is 18.7 Å². The number of rotatable bonds is 11. The van der Waals surface area contributed by atoms with Gasteiger partial charge in [-0.1, -0.05) is 61.7 Å². The zero-order valence-electron chi connectivity index (χ0n) is 25.2. The molecule has 1 aromatic heterocycles. The van der Waals surface area contributed by atoms with Crippen molar-refractivity contribution in [3.63, 3.8) is 0 Å². The van der Waals surface area contributed by atoms with Crippen LogP contribution in [0.5, 0.6) is 0 Å². The molecule has 1 aliphatic carbocycles. The van der Waals surface area contributed by atoms with E-state index in [1.165, 1.54) is 44.2 Å². The summed E-state index contributed by atoms with van der Waals surface area (Å²) in [7, 11) is 0. The Morgan fingerprint density at radius 1 is 0.778 bits per heavy atom. The Kier molecular flexibility index (Phi) is 10.7. The summed E-state index contributed by atoms with van der Waals surface area (Å²) in [6.45, 7) is 3.10. The molecule has 1 fully saturated rings. The van der Waals surface area contributed by atoms with Crippen molar-refractivity contribution in [2.24, 2.45) is 5.92 Å². The highest BCUT2D eigenvalue weighted by Crippen LogP contribution is 2.24. The van der Waals surface area contributed by atoms with Gasteiger partial charge in [0.15, 0.2) is 0 Å².